The molecule has 0 aliphatic carbocycles. The Balaban J connectivity index is 1.56. The second kappa shape index (κ2) is 7.91. The predicted molar refractivity (Wildman–Crippen MR) is 104 cm³/mol. The van der Waals surface area contributed by atoms with Crippen LogP contribution in [0.15, 0.2) is 52.7 Å². The summed E-state index contributed by atoms with van der Waals surface area (Å²) < 4.78 is 1.96. The number of hydrogen-bond acceptors (Lipinski definition) is 4. The fraction of sp³-hybridized carbons (Fsp3) is 0.118. The van der Waals surface area contributed by atoms with E-state index in [0.29, 0.717) is 10.0 Å². The van der Waals surface area contributed by atoms with Crippen molar-refractivity contribution in [1.82, 2.24) is 15.0 Å². The quantitative estimate of drug-likeness (QED) is 0.403. The lowest BCUT2D eigenvalue weighted by Gasteiger charge is -2.02. The molecule has 25 heavy (non-hydrogen) atoms. The second-order valence-electron chi connectivity index (χ2n) is 5.20. The molecule has 2 aromatic carbocycles. The number of nitrogens with one attached hydrogen (secondary N) is 1. The van der Waals surface area contributed by atoms with Gasteiger partial charge in [0.2, 0.25) is 0 Å². The average Bonchev–Trinajstić information content (AvgIpc) is 2.93. The van der Waals surface area contributed by atoms with Gasteiger partial charge in [0, 0.05) is 7.05 Å². The van der Waals surface area contributed by atoms with E-state index in [0.717, 1.165) is 21.8 Å². The number of nitrogens with zero attached hydrogens (tertiary/aromatic N) is 3. The number of aryl methyl sites for hydroxylation is 1. The molecule has 0 spiro atoms. The number of fused-ring (bicyclic) bond motifs is 1. The van der Waals surface area contributed by atoms with Crippen LogP contribution in [0.2, 0.25) is 10.0 Å². The number of imidazole rings is 1. The number of rotatable bonds is 5. The molecule has 0 aliphatic heterocycles. The standard InChI is InChI=1S/C17H14Cl2N4OS/c1-23-15-5-3-2-4-14(15)21-17(23)25-10-16(24)22-20-9-11-6-7-12(18)13(19)8-11/h2-9H,10H2,1H3,(H,22,24)/b20-9-. The van der Waals surface area contributed by atoms with Crippen LogP contribution in [-0.4, -0.2) is 27.4 Å². The minimum Gasteiger partial charge on any atom is -0.322 e. The van der Waals surface area contributed by atoms with Crippen LogP contribution in [0.1, 0.15) is 5.56 Å². The van der Waals surface area contributed by atoms with Gasteiger partial charge in [0.1, 0.15) is 0 Å². The summed E-state index contributed by atoms with van der Waals surface area (Å²) in [6.45, 7) is 0. The number of halogens is 2. The Morgan fingerprint density at radius 2 is 2.08 bits per heavy atom. The minimum atomic E-state index is -0.214. The van der Waals surface area contributed by atoms with Crippen molar-refractivity contribution in [1.29, 1.82) is 0 Å². The number of aromatic nitrogens is 2. The highest BCUT2D eigenvalue weighted by Crippen LogP contribution is 2.23. The first-order chi connectivity index (χ1) is 12.0. The van der Waals surface area contributed by atoms with E-state index in [2.05, 4.69) is 15.5 Å². The first-order valence-electron chi connectivity index (χ1n) is 7.36. The Morgan fingerprint density at radius 1 is 1.28 bits per heavy atom. The summed E-state index contributed by atoms with van der Waals surface area (Å²) in [4.78, 5) is 16.4. The summed E-state index contributed by atoms with van der Waals surface area (Å²) in [5, 5.41) is 5.62. The maximum absolute atomic E-state index is 11.9. The van der Waals surface area contributed by atoms with Crippen molar-refractivity contribution in [2.75, 3.05) is 5.75 Å². The molecule has 3 aromatic rings. The van der Waals surface area contributed by atoms with Gasteiger partial charge in [-0.1, -0.05) is 53.2 Å². The maximum Gasteiger partial charge on any atom is 0.250 e. The van der Waals surface area contributed by atoms with Crippen LogP contribution in [0.5, 0.6) is 0 Å². The summed E-state index contributed by atoms with van der Waals surface area (Å²) in [5.74, 6) is 0.00366. The Hall–Kier alpha value is -2.02. The first-order valence-corrected chi connectivity index (χ1v) is 9.10. The molecule has 1 amide bonds. The largest absolute Gasteiger partial charge is 0.322 e. The zero-order valence-electron chi connectivity index (χ0n) is 13.2. The van der Waals surface area contributed by atoms with Gasteiger partial charge in [-0.25, -0.2) is 10.4 Å². The van der Waals surface area contributed by atoms with Gasteiger partial charge >= 0.3 is 0 Å². The lowest BCUT2D eigenvalue weighted by molar-refractivity contribution is -0.118. The molecular weight excluding hydrogens is 379 g/mol. The smallest absolute Gasteiger partial charge is 0.250 e. The number of hydrazone groups is 1. The third kappa shape index (κ3) is 4.34. The Kier molecular flexibility index (Phi) is 5.63. The topological polar surface area (TPSA) is 59.3 Å². The van der Waals surface area contributed by atoms with Crippen molar-refractivity contribution in [2.45, 2.75) is 5.16 Å². The Bertz CT molecular complexity index is 955. The van der Waals surface area contributed by atoms with Crippen LogP contribution >= 0.6 is 35.0 Å². The summed E-state index contributed by atoms with van der Waals surface area (Å²) in [7, 11) is 1.93. The monoisotopic (exact) mass is 392 g/mol. The number of carbonyl (C=O) groups excluding carboxylic acids is 1. The van der Waals surface area contributed by atoms with Crippen molar-refractivity contribution < 1.29 is 4.79 Å². The van der Waals surface area contributed by atoms with Crippen molar-refractivity contribution >= 4 is 58.1 Å². The van der Waals surface area contributed by atoms with Gasteiger partial charge in [-0.3, -0.25) is 4.79 Å². The molecule has 128 valence electrons. The molecular formula is C17H14Cl2N4OS. The number of thioether (sulfide) groups is 1. The van der Waals surface area contributed by atoms with Crippen LogP contribution in [0, 0.1) is 0 Å². The van der Waals surface area contributed by atoms with Crippen LogP contribution in [0.4, 0.5) is 0 Å². The van der Waals surface area contributed by atoms with Gasteiger partial charge in [-0.05, 0) is 29.8 Å². The summed E-state index contributed by atoms with van der Waals surface area (Å²) in [6.07, 6.45) is 1.51. The van der Waals surface area contributed by atoms with Crippen molar-refractivity contribution in [3.05, 3.63) is 58.1 Å². The lowest BCUT2D eigenvalue weighted by Crippen LogP contribution is -2.19. The third-order valence-corrected chi connectivity index (χ3v) is 5.19. The molecule has 0 atom stereocenters. The Labute approximate surface area is 159 Å². The highest BCUT2D eigenvalue weighted by Gasteiger charge is 2.09. The molecule has 0 saturated heterocycles. The van der Waals surface area contributed by atoms with Gasteiger partial charge in [0.05, 0.1) is 33.0 Å². The normalized spacial score (nSPS) is 11.3. The molecule has 0 unspecified atom stereocenters. The molecule has 1 N–H and O–H groups in total. The van der Waals surface area contributed by atoms with Crippen LogP contribution in [-0.2, 0) is 11.8 Å². The molecule has 5 nitrogen and oxygen atoms in total. The molecule has 1 heterocycles. The Morgan fingerprint density at radius 3 is 2.84 bits per heavy atom. The highest BCUT2D eigenvalue weighted by atomic mass is 35.5. The number of hydrogen-bond donors (Lipinski definition) is 1. The van der Waals surface area contributed by atoms with E-state index >= 15 is 0 Å². The molecule has 3 rings (SSSR count). The van der Waals surface area contributed by atoms with E-state index in [1.165, 1.54) is 18.0 Å². The first kappa shape index (κ1) is 17.8. The van der Waals surface area contributed by atoms with Gasteiger partial charge in [-0.15, -0.1) is 0 Å². The van der Waals surface area contributed by atoms with E-state index in [1.807, 2.05) is 35.9 Å². The fourth-order valence-corrected chi connectivity index (χ4v) is 3.27. The zero-order chi connectivity index (χ0) is 17.8. The van der Waals surface area contributed by atoms with E-state index in [1.54, 1.807) is 18.2 Å². The summed E-state index contributed by atoms with van der Waals surface area (Å²) >= 11 is 13.1. The molecule has 0 aliphatic rings. The number of benzene rings is 2. The van der Waals surface area contributed by atoms with Crippen molar-refractivity contribution in [3.8, 4) is 0 Å². The van der Waals surface area contributed by atoms with Gasteiger partial charge in [0.25, 0.3) is 5.91 Å². The zero-order valence-corrected chi connectivity index (χ0v) is 15.6. The number of amides is 1. The number of carbonyl (C=O) groups is 1. The SMILES string of the molecule is Cn1c(SCC(=O)N/N=C\c2ccc(Cl)c(Cl)c2)nc2ccccc21. The maximum atomic E-state index is 11.9. The predicted octanol–water partition coefficient (Wildman–Crippen LogP) is 4.12. The van der Waals surface area contributed by atoms with Gasteiger partial charge in [-0.2, -0.15) is 5.10 Å². The number of para-hydroxylation sites is 2. The highest BCUT2D eigenvalue weighted by molar-refractivity contribution is 7.99. The van der Waals surface area contributed by atoms with Crippen LogP contribution in [0.3, 0.4) is 0 Å². The van der Waals surface area contributed by atoms with E-state index in [-0.39, 0.29) is 11.7 Å². The molecule has 0 bridgehead atoms. The van der Waals surface area contributed by atoms with E-state index in [9.17, 15) is 4.79 Å². The summed E-state index contributed by atoms with van der Waals surface area (Å²) in [5.41, 5.74) is 5.17. The average molecular weight is 393 g/mol. The van der Waals surface area contributed by atoms with Gasteiger partial charge < -0.3 is 4.57 Å². The lowest BCUT2D eigenvalue weighted by atomic mass is 10.2. The summed E-state index contributed by atoms with van der Waals surface area (Å²) in [6, 6.07) is 13.0. The fourth-order valence-electron chi connectivity index (χ4n) is 2.19. The third-order valence-electron chi connectivity index (χ3n) is 3.43. The molecule has 0 saturated carbocycles. The van der Waals surface area contributed by atoms with Gasteiger partial charge in [0.15, 0.2) is 5.16 Å². The molecule has 8 heteroatoms. The molecule has 0 fully saturated rings. The molecule has 1 aromatic heterocycles. The van der Waals surface area contributed by atoms with Crippen LogP contribution in [0.25, 0.3) is 11.0 Å². The van der Waals surface area contributed by atoms with E-state index in [4.69, 9.17) is 23.2 Å². The molecule has 0 radical (unpaired) electrons. The second-order valence-corrected chi connectivity index (χ2v) is 6.95. The van der Waals surface area contributed by atoms with E-state index < -0.39 is 0 Å². The van der Waals surface area contributed by atoms with Crippen molar-refractivity contribution in [2.24, 2.45) is 12.1 Å². The minimum absolute atomic E-state index is 0.214. The van der Waals surface area contributed by atoms with Crippen LogP contribution < -0.4 is 5.43 Å². The van der Waals surface area contributed by atoms with Crippen molar-refractivity contribution in [3.63, 3.8) is 0 Å².